The van der Waals surface area contributed by atoms with Gasteiger partial charge in [-0.15, -0.1) is 0 Å². The Hall–Kier alpha value is -0.530. The minimum absolute atomic E-state index is 0.0303. The predicted octanol–water partition coefficient (Wildman–Crippen LogP) is 2.78. The third-order valence-corrected chi connectivity index (χ3v) is 3.73. The van der Waals surface area contributed by atoms with E-state index in [-0.39, 0.29) is 11.3 Å². The number of hydrogen-bond acceptors (Lipinski definition) is 1. The normalized spacial score (nSPS) is 30.5. The lowest BCUT2D eigenvalue weighted by atomic mass is 9.92. The zero-order valence-electron chi connectivity index (χ0n) is 9.00. The maximum absolute atomic E-state index is 10.9. The summed E-state index contributed by atoms with van der Waals surface area (Å²) in [4.78, 5) is 10.9. The molecular formula is C11H20O2. The van der Waals surface area contributed by atoms with Crippen molar-refractivity contribution in [3.63, 3.8) is 0 Å². The summed E-state index contributed by atoms with van der Waals surface area (Å²) in [6.45, 7) is 8.46. The number of aliphatic carboxylic acids is 1. The molecule has 0 saturated heterocycles. The van der Waals surface area contributed by atoms with Gasteiger partial charge in [0, 0.05) is 0 Å². The molecule has 0 unspecified atom stereocenters. The number of carbonyl (C=O) groups is 1. The van der Waals surface area contributed by atoms with Crippen molar-refractivity contribution in [2.75, 3.05) is 0 Å². The van der Waals surface area contributed by atoms with Crippen molar-refractivity contribution in [2.45, 2.75) is 40.5 Å². The van der Waals surface area contributed by atoms with E-state index in [1.807, 2.05) is 0 Å². The van der Waals surface area contributed by atoms with Gasteiger partial charge in [0.2, 0.25) is 0 Å². The second-order valence-electron chi connectivity index (χ2n) is 4.74. The molecule has 0 radical (unpaired) electrons. The highest BCUT2D eigenvalue weighted by atomic mass is 16.4. The highest BCUT2D eigenvalue weighted by Crippen LogP contribution is 2.62. The van der Waals surface area contributed by atoms with Crippen molar-refractivity contribution in [1.82, 2.24) is 0 Å². The molecule has 2 nitrogen and oxygen atoms in total. The van der Waals surface area contributed by atoms with Crippen molar-refractivity contribution in [3.05, 3.63) is 0 Å². The van der Waals surface area contributed by atoms with Gasteiger partial charge in [-0.2, -0.15) is 0 Å². The fourth-order valence-electron chi connectivity index (χ4n) is 2.83. The molecule has 2 heteroatoms. The molecule has 0 spiro atoms. The smallest absolute Gasteiger partial charge is 0.307 e. The lowest BCUT2D eigenvalue weighted by molar-refractivity contribution is -0.139. The maximum Gasteiger partial charge on any atom is 0.307 e. The molecule has 0 aliphatic heterocycles. The molecule has 2 atom stereocenters. The lowest BCUT2D eigenvalue weighted by Gasteiger charge is -2.12. The van der Waals surface area contributed by atoms with Crippen LogP contribution in [0.1, 0.15) is 40.5 Å². The Balaban J connectivity index is 2.69. The van der Waals surface area contributed by atoms with Gasteiger partial charge >= 0.3 is 5.97 Å². The SMILES string of the molecule is CCC(CC)[C@H]1[C@H](C(=O)O)C1(C)C. The van der Waals surface area contributed by atoms with Crippen molar-refractivity contribution in [2.24, 2.45) is 23.2 Å². The second kappa shape index (κ2) is 3.32. The van der Waals surface area contributed by atoms with Crippen molar-refractivity contribution in [1.29, 1.82) is 0 Å². The molecule has 0 amide bonds. The highest BCUT2D eigenvalue weighted by Gasteiger charge is 2.63. The summed E-state index contributed by atoms with van der Waals surface area (Å²) in [7, 11) is 0. The van der Waals surface area contributed by atoms with Gasteiger partial charge in [-0.25, -0.2) is 0 Å². The van der Waals surface area contributed by atoms with Crippen molar-refractivity contribution in [3.8, 4) is 0 Å². The molecule has 1 aliphatic carbocycles. The van der Waals surface area contributed by atoms with Crippen LogP contribution in [0.15, 0.2) is 0 Å². The van der Waals surface area contributed by atoms with Crippen LogP contribution in [0.5, 0.6) is 0 Å². The Morgan fingerprint density at radius 1 is 1.38 bits per heavy atom. The van der Waals surface area contributed by atoms with E-state index in [1.165, 1.54) is 0 Å². The monoisotopic (exact) mass is 184 g/mol. The zero-order valence-corrected chi connectivity index (χ0v) is 9.00. The molecule has 0 bridgehead atoms. The first-order valence-electron chi connectivity index (χ1n) is 5.19. The van der Waals surface area contributed by atoms with E-state index < -0.39 is 5.97 Å². The van der Waals surface area contributed by atoms with Crippen LogP contribution in [0.3, 0.4) is 0 Å². The summed E-state index contributed by atoms with van der Waals surface area (Å²) in [5.41, 5.74) is 0.0303. The highest BCUT2D eigenvalue weighted by molar-refractivity contribution is 5.75. The van der Waals surface area contributed by atoms with Crippen LogP contribution in [0, 0.1) is 23.2 Å². The first kappa shape index (κ1) is 10.6. The number of carboxylic acids is 1. The molecule has 0 aromatic rings. The molecule has 1 fully saturated rings. The van der Waals surface area contributed by atoms with Gasteiger partial charge in [0.05, 0.1) is 5.92 Å². The zero-order chi connectivity index (χ0) is 10.2. The molecule has 1 saturated carbocycles. The average molecular weight is 184 g/mol. The first-order valence-corrected chi connectivity index (χ1v) is 5.19. The lowest BCUT2D eigenvalue weighted by Crippen LogP contribution is -2.06. The second-order valence-corrected chi connectivity index (χ2v) is 4.74. The summed E-state index contributed by atoms with van der Waals surface area (Å²) < 4.78 is 0. The van der Waals surface area contributed by atoms with Gasteiger partial charge in [-0.3, -0.25) is 4.79 Å². The number of hydrogen-bond donors (Lipinski definition) is 1. The van der Waals surface area contributed by atoms with Gasteiger partial charge in [0.1, 0.15) is 0 Å². The Labute approximate surface area is 80.3 Å². The van der Waals surface area contributed by atoms with Crippen molar-refractivity contribution >= 4 is 5.97 Å². The van der Waals surface area contributed by atoms with Gasteiger partial charge < -0.3 is 5.11 Å². The van der Waals surface area contributed by atoms with Crippen LogP contribution in [-0.4, -0.2) is 11.1 Å². The van der Waals surface area contributed by atoms with Crippen LogP contribution >= 0.6 is 0 Å². The minimum atomic E-state index is -0.609. The topological polar surface area (TPSA) is 37.3 Å². The molecule has 1 N–H and O–H groups in total. The van der Waals surface area contributed by atoms with Crippen LogP contribution in [-0.2, 0) is 4.79 Å². The van der Waals surface area contributed by atoms with E-state index in [9.17, 15) is 4.79 Å². The summed E-state index contributed by atoms with van der Waals surface area (Å²) in [6.07, 6.45) is 2.21. The van der Waals surface area contributed by atoms with Crippen LogP contribution in [0.25, 0.3) is 0 Å². The Morgan fingerprint density at radius 3 is 2.08 bits per heavy atom. The summed E-state index contributed by atoms with van der Waals surface area (Å²) >= 11 is 0. The number of rotatable bonds is 4. The molecule has 0 aromatic carbocycles. The van der Waals surface area contributed by atoms with Gasteiger partial charge in [0.25, 0.3) is 0 Å². The standard InChI is InChI=1S/C11H20O2/c1-5-7(6-2)8-9(10(12)13)11(8,3)4/h7-9H,5-6H2,1-4H3,(H,12,13)/t8-,9+/m0/s1. The molecule has 13 heavy (non-hydrogen) atoms. The third-order valence-electron chi connectivity index (χ3n) is 3.73. The summed E-state index contributed by atoms with van der Waals surface area (Å²) in [6, 6.07) is 0. The Bertz CT molecular complexity index is 204. The van der Waals surface area contributed by atoms with Gasteiger partial charge in [-0.1, -0.05) is 40.5 Å². The quantitative estimate of drug-likeness (QED) is 0.729. The predicted molar refractivity (Wildman–Crippen MR) is 52.5 cm³/mol. The fourth-order valence-corrected chi connectivity index (χ4v) is 2.83. The minimum Gasteiger partial charge on any atom is -0.481 e. The van der Waals surface area contributed by atoms with Gasteiger partial charge in [0.15, 0.2) is 0 Å². The Morgan fingerprint density at radius 2 is 1.85 bits per heavy atom. The van der Waals surface area contributed by atoms with Crippen molar-refractivity contribution < 1.29 is 9.90 Å². The molecule has 0 heterocycles. The van der Waals surface area contributed by atoms with E-state index in [2.05, 4.69) is 27.7 Å². The fraction of sp³-hybridized carbons (Fsp3) is 0.909. The van der Waals surface area contributed by atoms with E-state index in [0.717, 1.165) is 12.8 Å². The molecule has 76 valence electrons. The molecule has 1 rings (SSSR count). The largest absolute Gasteiger partial charge is 0.481 e. The molecule has 1 aliphatic rings. The first-order chi connectivity index (χ1) is 5.96. The van der Waals surface area contributed by atoms with Crippen LogP contribution in [0.2, 0.25) is 0 Å². The summed E-state index contributed by atoms with van der Waals surface area (Å²) in [5, 5.41) is 9.00. The molecular weight excluding hydrogens is 164 g/mol. The Kier molecular flexibility index (Phi) is 2.69. The van der Waals surface area contributed by atoms with E-state index in [4.69, 9.17) is 5.11 Å². The summed E-state index contributed by atoms with van der Waals surface area (Å²) in [5.74, 6) is 0.287. The van der Waals surface area contributed by atoms with Crippen LogP contribution in [0.4, 0.5) is 0 Å². The van der Waals surface area contributed by atoms with Crippen LogP contribution < -0.4 is 0 Å². The van der Waals surface area contributed by atoms with E-state index >= 15 is 0 Å². The van der Waals surface area contributed by atoms with E-state index in [1.54, 1.807) is 0 Å². The third kappa shape index (κ3) is 1.59. The van der Waals surface area contributed by atoms with E-state index in [0.29, 0.717) is 11.8 Å². The molecule has 0 aromatic heterocycles. The maximum atomic E-state index is 10.9. The average Bonchev–Trinajstić information content (AvgIpc) is 2.57. The van der Waals surface area contributed by atoms with Gasteiger partial charge in [-0.05, 0) is 17.3 Å². The number of carboxylic acid groups (broad SMARTS) is 1.